The van der Waals surface area contributed by atoms with E-state index < -0.39 is 6.10 Å². The Morgan fingerprint density at radius 3 is 2.47 bits per heavy atom. The van der Waals surface area contributed by atoms with Crippen molar-refractivity contribution in [3.8, 4) is 0 Å². The van der Waals surface area contributed by atoms with E-state index in [1.54, 1.807) is 12.1 Å². The Labute approximate surface area is 123 Å². The lowest BCUT2D eigenvalue weighted by Crippen LogP contribution is -2.36. The number of carbonyl (C=O) groups is 1. The number of hydrogen-bond donors (Lipinski definition) is 2. The maximum absolute atomic E-state index is 11.9. The first-order chi connectivity index (χ1) is 8.99. The molecular weight excluding hydrogens is 285 g/mol. The fourth-order valence-corrected chi connectivity index (χ4v) is 2.46. The minimum Gasteiger partial charge on any atom is -0.391 e. The molecule has 19 heavy (non-hydrogen) atoms. The maximum atomic E-state index is 11.9. The summed E-state index contributed by atoms with van der Waals surface area (Å²) < 4.78 is 0. The number of hydrogen-bond acceptors (Lipinski definition) is 2. The molecule has 0 aliphatic carbocycles. The number of benzene rings is 1. The van der Waals surface area contributed by atoms with Gasteiger partial charge in [-0.2, -0.15) is 0 Å². The van der Waals surface area contributed by atoms with E-state index >= 15 is 0 Å². The first-order valence-corrected chi connectivity index (χ1v) is 7.16. The van der Waals surface area contributed by atoms with Crippen molar-refractivity contribution in [2.75, 3.05) is 6.54 Å². The fraction of sp³-hybridized carbons (Fsp3) is 0.500. The summed E-state index contributed by atoms with van der Waals surface area (Å²) in [6.07, 6.45) is 1.23. The van der Waals surface area contributed by atoms with Crippen molar-refractivity contribution >= 4 is 29.1 Å². The van der Waals surface area contributed by atoms with Crippen LogP contribution in [0.5, 0.6) is 0 Å². The fourth-order valence-electron chi connectivity index (χ4n) is 1.97. The van der Waals surface area contributed by atoms with Gasteiger partial charge in [0.25, 0.3) is 5.91 Å². The lowest BCUT2D eigenvalue weighted by atomic mass is 9.96. The molecule has 0 radical (unpaired) electrons. The lowest BCUT2D eigenvalue weighted by Gasteiger charge is -2.20. The summed E-state index contributed by atoms with van der Waals surface area (Å²) >= 11 is 11.7. The summed E-state index contributed by atoms with van der Waals surface area (Å²) in [5.41, 5.74) is 0.364. The quantitative estimate of drug-likeness (QED) is 0.845. The van der Waals surface area contributed by atoms with Crippen molar-refractivity contribution < 1.29 is 9.90 Å². The minimum absolute atomic E-state index is 0.195. The highest BCUT2D eigenvalue weighted by atomic mass is 35.5. The Hall–Kier alpha value is -0.770. The van der Waals surface area contributed by atoms with Crippen LogP contribution in [0.2, 0.25) is 10.0 Å². The largest absolute Gasteiger partial charge is 0.391 e. The van der Waals surface area contributed by atoms with E-state index in [1.807, 2.05) is 13.8 Å². The molecule has 1 amide bonds. The monoisotopic (exact) mass is 303 g/mol. The van der Waals surface area contributed by atoms with Crippen LogP contribution in [0.3, 0.4) is 0 Å². The molecule has 1 unspecified atom stereocenters. The molecular formula is C14H19Cl2NO2. The number of aliphatic hydroxyl groups excluding tert-OH is 1. The van der Waals surface area contributed by atoms with Gasteiger partial charge in [-0.05, 0) is 24.1 Å². The molecule has 1 aromatic carbocycles. The van der Waals surface area contributed by atoms with E-state index in [0.29, 0.717) is 15.6 Å². The van der Waals surface area contributed by atoms with Gasteiger partial charge in [0.05, 0.1) is 16.7 Å². The molecule has 0 bridgehead atoms. The van der Waals surface area contributed by atoms with Crippen LogP contribution in [0.15, 0.2) is 18.2 Å². The van der Waals surface area contributed by atoms with Crippen molar-refractivity contribution in [3.05, 3.63) is 33.8 Å². The van der Waals surface area contributed by atoms with Gasteiger partial charge in [0.2, 0.25) is 0 Å². The van der Waals surface area contributed by atoms with E-state index in [9.17, 15) is 9.90 Å². The average Bonchev–Trinajstić information content (AvgIpc) is 2.37. The highest BCUT2D eigenvalue weighted by Gasteiger charge is 2.17. The average molecular weight is 304 g/mol. The molecule has 1 aromatic rings. The standard InChI is InChI=1S/C14H19Cl2NO2/c1-3-9(4-2)13(18)8-17-14(19)11-6-5-10(15)7-12(11)16/h5-7,9,13,18H,3-4,8H2,1-2H3,(H,17,19). The van der Waals surface area contributed by atoms with Gasteiger partial charge in [-0.25, -0.2) is 0 Å². The maximum Gasteiger partial charge on any atom is 0.252 e. The van der Waals surface area contributed by atoms with Gasteiger partial charge in [-0.1, -0.05) is 49.9 Å². The molecule has 0 aliphatic heterocycles. The zero-order valence-electron chi connectivity index (χ0n) is 11.1. The second-order valence-corrected chi connectivity index (χ2v) is 5.32. The van der Waals surface area contributed by atoms with Crippen LogP contribution in [-0.2, 0) is 0 Å². The van der Waals surface area contributed by atoms with Crippen LogP contribution < -0.4 is 5.32 Å². The first-order valence-electron chi connectivity index (χ1n) is 6.40. The van der Waals surface area contributed by atoms with E-state index in [1.165, 1.54) is 6.07 Å². The van der Waals surface area contributed by atoms with Crippen molar-refractivity contribution in [1.82, 2.24) is 5.32 Å². The second-order valence-electron chi connectivity index (χ2n) is 4.48. The Kier molecular flexibility index (Phi) is 6.63. The molecule has 0 fully saturated rings. The number of halogens is 2. The summed E-state index contributed by atoms with van der Waals surface area (Å²) in [5, 5.41) is 13.4. The molecule has 0 heterocycles. The van der Waals surface area contributed by atoms with Crippen LogP contribution in [0.1, 0.15) is 37.0 Å². The number of nitrogens with one attached hydrogen (secondary N) is 1. The zero-order valence-corrected chi connectivity index (χ0v) is 12.6. The Bertz CT molecular complexity index is 433. The molecule has 0 spiro atoms. The third-order valence-electron chi connectivity index (χ3n) is 3.24. The van der Waals surface area contributed by atoms with E-state index in [2.05, 4.69) is 5.32 Å². The summed E-state index contributed by atoms with van der Waals surface area (Å²) in [5.74, 6) is -0.104. The molecule has 3 nitrogen and oxygen atoms in total. The molecule has 1 atom stereocenters. The van der Waals surface area contributed by atoms with Gasteiger partial charge in [-0.15, -0.1) is 0 Å². The van der Waals surface area contributed by atoms with Crippen molar-refractivity contribution in [2.45, 2.75) is 32.8 Å². The molecule has 0 aromatic heterocycles. The molecule has 0 saturated carbocycles. The van der Waals surface area contributed by atoms with Crippen molar-refractivity contribution in [2.24, 2.45) is 5.92 Å². The van der Waals surface area contributed by atoms with Crippen LogP contribution in [0, 0.1) is 5.92 Å². The molecule has 5 heteroatoms. The third kappa shape index (κ3) is 4.68. The van der Waals surface area contributed by atoms with Gasteiger partial charge in [-0.3, -0.25) is 4.79 Å². The molecule has 1 rings (SSSR count). The number of rotatable bonds is 6. The smallest absolute Gasteiger partial charge is 0.252 e. The van der Waals surface area contributed by atoms with Crippen molar-refractivity contribution in [1.29, 1.82) is 0 Å². The van der Waals surface area contributed by atoms with Gasteiger partial charge < -0.3 is 10.4 Å². The summed E-state index contributed by atoms with van der Waals surface area (Å²) in [4.78, 5) is 11.9. The van der Waals surface area contributed by atoms with Gasteiger partial charge in [0.15, 0.2) is 0 Å². The highest BCUT2D eigenvalue weighted by molar-refractivity contribution is 6.36. The molecule has 106 valence electrons. The SMILES string of the molecule is CCC(CC)C(O)CNC(=O)c1ccc(Cl)cc1Cl. The Morgan fingerprint density at radius 1 is 1.32 bits per heavy atom. The molecule has 2 N–H and O–H groups in total. The summed E-state index contributed by atoms with van der Waals surface area (Å²) in [6, 6.07) is 4.71. The topological polar surface area (TPSA) is 49.3 Å². The predicted molar refractivity (Wildman–Crippen MR) is 78.9 cm³/mol. The van der Waals surface area contributed by atoms with E-state index in [4.69, 9.17) is 23.2 Å². The number of carbonyl (C=O) groups excluding carboxylic acids is 1. The molecule has 0 aliphatic rings. The predicted octanol–water partition coefficient (Wildman–Crippen LogP) is 3.52. The lowest BCUT2D eigenvalue weighted by molar-refractivity contribution is 0.0817. The third-order valence-corrected chi connectivity index (χ3v) is 3.79. The highest BCUT2D eigenvalue weighted by Crippen LogP contribution is 2.21. The summed E-state index contributed by atoms with van der Waals surface area (Å²) in [7, 11) is 0. The number of aliphatic hydroxyl groups is 1. The summed E-state index contributed by atoms with van der Waals surface area (Å²) in [6.45, 7) is 4.27. The first kappa shape index (κ1) is 16.3. The molecule has 0 saturated heterocycles. The number of amides is 1. The Morgan fingerprint density at radius 2 is 1.95 bits per heavy atom. The van der Waals surface area contributed by atoms with Crippen LogP contribution in [0.4, 0.5) is 0 Å². The van der Waals surface area contributed by atoms with Crippen LogP contribution in [-0.4, -0.2) is 23.7 Å². The minimum atomic E-state index is -0.537. The normalized spacial score (nSPS) is 12.5. The van der Waals surface area contributed by atoms with Gasteiger partial charge in [0, 0.05) is 11.6 Å². The van der Waals surface area contributed by atoms with Crippen LogP contribution >= 0.6 is 23.2 Å². The van der Waals surface area contributed by atoms with E-state index in [-0.39, 0.29) is 18.4 Å². The van der Waals surface area contributed by atoms with Gasteiger partial charge in [0.1, 0.15) is 0 Å². The Balaban J connectivity index is 2.60. The van der Waals surface area contributed by atoms with Crippen molar-refractivity contribution in [3.63, 3.8) is 0 Å². The van der Waals surface area contributed by atoms with Gasteiger partial charge >= 0.3 is 0 Å². The van der Waals surface area contributed by atoms with E-state index in [0.717, 1.165) is 12.8 Å². The van der Waals surface area contributed by atoms with Crippen LogP contribution in [0.25, 0.3) is 0 Å². The zero-order chi connectivity index (χ0) is 14.4. The second kappa shape index (κ2) is 7.73.